The molecule has 3 heterocycles. The molecule has 0 aliphatic carbocycles. The molecule has 6 aromatic rings. The van der Waals surface area contributed by atoms with E-state index in [0.717, 1.165) is 5.56 Å². The fourth-order valence-corrected chi connectivity index (χ4v) is 4.28. The van der Waals surface area contributed by atoms with Gasteiger partial charge in [0.15, 0.2) is 5.82 Å². The summed E-state index contributed by atoms with van der Waals surface area (Å²) in [5.74, 6) is 0.151. The summed E-state index contributed by atoms with van der Waals surface area (Å²) >= 11 is 12.7. The lowest BCUT2D eigenvalue weighted by molar-refractivity contribution is 0.403. The van der Waals surface area contributed by atoms with Gasteiger partial charge in [0, 0.05) is 21.7 Å². The van der Waals surface area contributed by atoms with Gasteiger partial charge < -0.3 is 4.52 Å². The Balaban J connectivity index is 1.73. The number of rotatable bonds is 5. The van der Waals surface area contributed by atoms with Gasteiger partial charge >= 0.3 is 0 Å². The molecule has 0 spiro atoms. The zero-order valence-corrected chi connectivity index (χ0v) is 19.5. The monoisotopic (exact) mass is 519 g/mol. The second kappa shape index (κ2) is 8.95. The van der Waals surface area contributed by atoms with Crippen molar-refractivity contribution in [3.63, 3.8) is 0 Å². The first-order valence-electron chi connectivity index (χ1n) is 10.4. The van der Waals surface area contributed by atoms with E-state index in [1.807, 2.05) is 30.3 Å². The lowest BCUT2D eigenvalue weighted by atomic mass is 10.1. The zero-order chi connectivity index (χ0) is 24.6. The molecular formula is C23H12Cl2FN9O. The van der Waals surface area contributed by atoms with Crippen molar-refractivity contribution in [2.45, 2.75) is 0 Å². The number of aromatic nitrogens is 9. The van der Waals surface area contributed by atoms with Crippen LogP contribution in [0, 0.1) is 5.82 Å². The maximum absolute atomic E-state index is 15.5. The highest BCUT2D eigenvalue weighted by Gasteiger charge is 2.27. The van der Waals surface area contributed by atoms with Crippen LogP contribution in [0.2, 0.25) is 10.0 Å². The molecule has 176 valence electrons. The second-order valence-electron chi connectivity index (χ2n) is 7.54. The van der Waals surface area contributed by atoms with Crippen LogP contribution >= 0.6 is 23.2 Å². The number of H-pyrrole nitrogens is 1. The molecule has 0 amide bonds. The molecule has 10 nitrogen and oxygen atoms in total. The predicted octanol–water partition coefficient (Wildman–Crippen LogP) is 5.28. The Labute approximate surface area is 211 Å². The van der Waals surface area contributed by atoms with Gasteiger partial charge in [-0.3, -0.25) is 4.57 Å². The van der Waals surface area contributed by atoms with E-state index < -0.39 is 5.82 Å². The SMILES string of the molecule is Fc1c(Cl)cccc1-n1c(-c2ccccc2)nc(-c2nn[nH]n2)c1-c1cc(Cl)cc(-c2nnno2)c1. The Bertz CT molecular complexity index is 1670. The minimum Gasteiger partial charge on any atom is -0.315 e. The van der Waals surface area contributed by atoms with E-state index in [4.69, 9.17) is 32.7 Å². The van der Waals surface area contributed by atoms with Gasteiger partial charge in [-0.05, 0) is 40.8 Å². The Kier molecular flexibility index (Phi) is 5.47. The normalized spacial score (nSPS) is 11.2. The van der Waals surface area contributed by atoms with Crippen LogP contribution in [0.25, 0.3) is 51.3 Å². The summed E-state index contributed by atoms with van der Waals surface area (Å²) in [6.45, 7) is 0. The van der Waals surface area contributed by atoms with Crippen LogP contribution in [-0.4, -0.2) is 45.8 Å². The third-order valence-electron chi connectivity index (χ3n) is 5.36. The van der Waals surface area contributed by atoms with Gasteiger partial charge in [-0.1, -0.05) is 64.7 Å². The molecule has 0 unspecified atom stereocenters. The van der Waals surface area contributed by atoms with Crippen molar-refractivity contribution in [2.24, 2.45) is 0 Å². The first-order chi connectivity index (χ1) is 17.6. The van der Waals surface area contributed by atoms with E-state index in [0.29, 0.717) is 33.4 Å². The summed E-state index contributed by atoms with van der Waals surface area (Å²) in [6, 6.07) is 19.1. The van der Waals surface area contributed by atoms with E-state index in [1.165, 1.54) is 6.07 Å². The molecule has 0 bridgehead atoms. The van der Waals surface area contributed by atoms with Gasteiger partial charge in [-0.15, -0.1) is 10.2 Å². The van der Waals surface area contributed by atoms with Crippen molar-refractivity contribution in [3.05, 3.63) is 82.6 Å². The Morgan fingerprint density at radius 3 is 2.47 bits per heavy atom. The Hall–Kier alpha value is -4.48. The maximum atomic E-state index is 15.5. The van der Waals surface area contributed by atoms with Crippen LogP contribution in [0.5, 0.6) is 0 Å². The molecule has 36 heavy (non-hydrogen) atoms. The quantitative estimate of drug-likeness (QED) is 0.326. The number of hydrogen-bond donors (Lipinski definition) is 1. The molecule has 0 aliphatic rings. The summed E-state index contributed by atoms with van der Waals surface area (Å²) in [4.78, 5) is 4.83. The predicted molar refractivity (Wildman–Crippen MR) is 129 cm³/mol. The van der Waals surface area contributed by atoms with E-state index in [9.17, 15) is 0 Å². The smallest absolute Gasteiger partial charge is 0.278 e. The lowest BCUT2D eigenvalue weighted by Crippen LogP contribution is -2.03. The highest BCUT2D eigenvalue weighted by Crippen LogP contribution is 2.40. The molecule has 13 heteroatoms. The number of halogens is 3. The minimum atomic E-state index is -0.627. The van der Waals surface area contributed by atoms with Crippen molar-refractivity contribution in [3.8, 4) is 51.3 Å². The average molecular weight is 520 g/mol. The minimum absolute atomic E-state index is 0.0454. The number of nitrogens with zero attached hydrogens (tertiary/aromatic N) is 8. The molecule has 3 aromatic heterocycles. The van der Waals surface area contributed by atoms with Gasteiger partial charge in [0.1, 0.15) is 11.5 Å². The van der Waals surface area contributed by atoms with Crippen molar-refractivity contribution in [1.29, 1.82) is 0 Å². The molecular weight excluding hydrogens is 508 g/mol. The molecule has 6 rings (SSSR count). The maximum Gasteiger partial charge on any atom is 0.278 e. The van der Waals surface area contributed by atoms with Gasteiger partial charge in [0.05, 0.1) is 21.7 Å². The lowest BCUT2D eigenvalue weighted by Gasteiger charge is -2.15. The molecule has 0 saturated heterocycles. The Morgan fingerprint density at radius 1 is 0.889 bits per heavy atom. The van der Waals surface area contributed by atoms with Crippen LogP contribution < -0.4 is 0 Å². The second-order valence-corrected chi connectivity index (χ2v) is 8.38. The van der Waals surface area contributed by atoms with Gasteiger partial charge in [0.25, 0.3) is 5.89 Å². The highest BCUT2D eigenvalue weighted by molar-refractivity contribution is 6.31. The van der Waals surface area contributed by atoms with Crippen LogP contribution in [0.15, 0.2) is 71.3 Å². The molecule has 0 aliphatic heterocycles. The molecule has 0 atom stereocenters. The standard InChI is InChI=1S/C23H12Cl2FN9O/c24-15-10-13(9-14(11-15)23-30-33-34-36-23)20-19(21-28-31-32-29-21)27-22(12-5-2-1-3-6-12)35(20)17-8-4-7-16(25)18(17)26/h1-11H,(H,28,29,31,32). The number of imidazole rings is 1. The fourth-order valence-electron chi connectivity index (χ4n) is 3.88. The number of benzene rings is 3. The van der Waals surface area contributed by atoms with Crippen LogP contribution in [-0.2, 0) is 0 Å². The van der Waals surface area contributed by atoms with E-state index >= 15 is 4.39 Å². The van der Waals surface area contributed by atoms with Crippen LogP contribution in [0.4, 0.5) is 4.39 Å². The summed E-state index contributed by atoms with van der Waals surface area (Å²) in [7, 11) is 0. The van der Waals surface area contributed by atoms with E-state index in [-0.39, 0.29) is 22.4 Å². The zero-order valence-electron chi connectivity index (χ0n) is 18.0. The molecule has 1 N–H and O–H groups in total. The largest absolute Gasteiger partial charge is 0.315 e. The summed E-state index contributed by atoms with van der Waals surface area (Å²) in [5, 5.41) is 25.5. The van der Waals surface area contributed by atoms with Crippen LogP contribution in [0.3, 0.4) is 0 Å². The van der Waals surface area contributed by atoms with Crippen molar-refractivity contribution in [2.75, 3.05) is 0 Å². The summed E-state index contributed by atoms with van der Waals surface area (Å²) < 4.78 is 22.3. The molecule has 0 saturated carbocycles. The summed E-state index contributed by atoms with van der Waals surface area (Å²) in [5.41, 5.74) is 2.70. The van der Waals surface area contributed by atoms with Gasteiger partial charge in [-0.25, -0.2) is 9.37 Å². The molecule has 0 fully saturated rings. The molecule has 3 aromatic carbocycles. The Morgan fingerprint density at radius 2 is 1.72 bits per heavy atom. The first kappa shape index (κ1) is 22.0. The van der Waals surface area contributed by atoms with Gasteiger partial charge in [0.2, 0.25) is 5.82 Å². The third-order valence-corrected chi connectivity index (χ3v) is 5.87. The number of tetrazole rings is 1. The molecule has 0 radical (unpaired) electrons. The van der Waals surface area contributed by atoms with Crippen molar-refractivity contribution < 1.29 is 8.91 Å². The van der Waals surface area contributed by atoms with E-state index in [1.54, 1.807) is 34.9 Å². The van der Waals surface area contributed by atoms with Crippen LogP contribution in [0.1, 0.15) is 0 Å². The first-order valence-corrected chi connectivity index (χ1v) is 11.2. The number of hydrogen-bond acceptors (Lipinski definition) is 8. The van der Waals surface area contributed by atoms with Gasteiger partial charge in [-0.2, -0.15) is 5.21 Å². The topological polar surface area (TPSA) is 124 Å². The highest BCUT2D eigenvalue weighted by atomic mass is 35.5. The van der Waals surface area contributed by atoms with Crippen molar-refractivity contribution in [1.82, 2.24) is 45.8 Å². The van der Waals surface area contributed by atoms with E-state index in [2.05, 4.69) is 36.2 Å². The number of aromatic amines is 1. The summed E-state index contributed by atoms with van der Waals surface area (Å²) in [6.07, 6.45) is 0. The number of nitrogens with one attached hydrogen (secondary N) is 1. The third kappa shape index (κ3) is 3.80. The average Bonchev–Trinajstić information content (AvgIpc) is 3.66. The fraction of sp³-hybridized carbons (Fsp3) is 0. The van der Waals surface area contributed by atoms with Crippen molar-refractivity contribution >= 4 is 23.2 Å².